The highest BCUT2D eigenvalue weighted by Gasteiger charge is 2.54. The first-order chi connectivity index (χ1) is 13.3. The van der Waals surface area contributed by atoms with E-state index in [2.05, 4.69) is 31.2 Å². The third-order valence-corrected chi connectivity index (χ3v) is 8.07. The topological polar surface area (TPSA) is 35.5 Å². The number of methoxy groups -OCH3 is 1. The molecule has 4 atom stereocenters. The Labute approximate surface area is 167 Å². The van der Waals surface area contributed by atoms with Gasteiger partial charge in [-0.05, 0) is 98.0 Å². The van der Waals surface area contributed by atoms with Crippen LogP contribution in [0.2, 0.25) is 0 Å². The summed E-state index contributed by atoms with van der Waals surface area (Å²) in [5.74, 6) is 2.81. The van der Waals surface area contributed by atoms with E-state index in [1.54, 1.807) is 18.7 Å². The average Bonchev–Trinajstić information content (AvgIpc) is 3.14. The molecule has 0 saturated heterocycles. The maximum Gasteiger partial charge on any atom is 0.332 e. The van der Waals surface area contributed by atoms with Crippen LogP contribution in [0, 0.1) is 17.3 Å². The van der Waals surface area contributed by atoms with Crippen molar-refractivity contribution in [2.45, 2.75) is 64.4 Å². The average molecular weight is 379 g/mol. The van der Waals surface area contributed by atoms with E-state index in [0.717, 1.165) is 30.1 Å². The smallest absolute Gasteiger partial charge is 0.332 e. The summed E-state index contributed by atoms with van der Waals surface area (Å²) >= 11 is 0. The normalized spacial score (nSPS) is 35.3. The van der Waals surface area contributed by atoms with E-state index >= 15 is 0 Å². The number of carbonyl (C=O) groups is 1. The van der Waals surface area contributed by atoms with E-state index in [9.17, 15) is 4.79 Å². The van der Waals surface area contributed by atoms with Crippen molar-refractivity contribution in [2.75, 3.05) is 7.11 Å². The zero-order chi connectivity index (χ0) is 19.7. The number of aryl methyl sites for hydroxylation is 1. The summed E-state index contributed by atoms with van der Waals surface area (Å²) in [4.78, 5) is 12.0. The maximum absolute atomic E-state index is 12.0. The Morgan fingerprint density at radius 1 is 1.14 bits per heavy atom. The fourth-order valence-corrected chi connectivity index (χ4v) is 6.70. The van der Waals surface area contributed by atoms with Crippen LogP contribution >= 0.6 is 0 Å². The minimum atomic E-state index is -0.507. The molecule has 0 N–H and O–H groups in total. The van der Waals surface area contributed by atoms with Crippen molar-refractivity contribution >= 4 is 5.97 Å². The highest BCUT2D eigenvalue weighted by atomic mass is 16.6. The van der Waals surface area contributed by atoms with Gasteiger partial charge in [0, 0.05) is 11.6 Å². The zero-order valence-electron chi connectivity index (χ0n) is 17.4. The van der Waals surface area contributed by atoms with Crippen LogP contribution in [-0.2, 0) is 16.0 Å². The number of allylic oxidation sites excluding steroid dienone is 1. The molecule has 4 aliphatic rings. The van der Waals surface area contributed by atoms with Crippen LogP contribution in [0.1, 0.15) is 63.5 Å². The highest BCUT2D eigenvalue weighted by molar-refractivity contribution is 5.88. The Hall–Kier alpha value is -2.03. The maximum atomic E-state index is 12.0. The van der Waals surface area contributed by atoms with Crippen LogP contribution in [0.15, 0.2) is 41.5 Å². The molecule has 1 aromatic carbocycles. The summed E-state index contributed by atoms with van der Waals surface area (Å²) in [6.07, 6.45) is 10.1. The first-order valence-electron chi connectivity index (χ1n) is 10.7. The SMILES string of the molecule is COc1ccc2c(c1)CC[C@@H]1[C@@H]2CC[C@]2(C)C(C3=CC(=O)OC3(C)C)=CC[C@@H]12. The van der Waals surface area contributed by atoms with Gasteiger partial charge in [0.15, 0.2) is 0 Å². The van der Waals surface area contributed by atoms with E-state index in [1.165, 1.54) is 30.4 Å². The number of benzene rings is 1. The molecule has 1 saturated carbocycles. The number of esters is 1. The van der Waals surface area contributed by atoms with Crippen molar-refractivity contribution in [1.82, 2.24) is 0 Å². The van der Waals surface area contributed by atoms with Gasteiger partial charge in [-0.15, -0.1) is 0 Å². The number of fused-ring (bicyclic) bond motifs is 5. The number of carbonyl (C=O) groups excluding carboxylic acids is 1. The monoisotopic (exact) mass is 378 g/mol. The summed E-state index contributed by atoms with van der Waals surface area (Å²) in [6, 6.07) is 6.68. The van der Waals surface area contributed by atoms with Crippen LogP contribution in [-0.4, -0.2) is 18.7 Å². The van der Waals surface area contributed by atoms with Crippen LogP contribution in [0.4, 0.5) is 0 Å². The largest absolute Gasteiger partial charge is 0.497 e. The third kappa shape index (κ3) is 2.44. The summed E-state index contributed by atoms with van der Waals surface area (Å²) in [6.45, 7) is 6.49. The second-order valence-corrected chi connectivity index (χ2v) is 9.78. The van der Waals surface area contributed by atoms with Crippen molar-refractivity contribution in [2.24, 2.45) is 17.3 Å². The van der Waals surface area contributed by atoms with Crippen LogP contribution in [0.3, 0.4) is 0 Å². The summed E-state index contributed by atoms with van der Waals surface area (Å²) < 4.78 is 11.0. The fraction of sp³-hybridized carbons (Fsp3) is 0.560. The summed E-state index contributed by atoms with van der Waals surface area (Å²) in [5, 5.41) is 0. The quantitative estimate of drug-likeness (QED) is 0.651. The molecule has 0 bridgehead atoms. The fourth-order valence-electron chi connectivity index (χ4n) is 6.70. The molecule has 0 radical (unpaired) electrons. The predicted octanol–water partition coefficient (Wildman–Crippen LogP) is 5.35. The van der Waals surface area contributed by atoms with E-state index in [-0.39, 0.29) is 11.4 Å². The van der Waals surface area contributed by atoms with Crippen molar-refractivity contribution in [3.05, 3.63) is 52.6 Å². The number of hydrogen-bond donors (Lipinski definition) is 0. The first-order valence-corrected chi connectivity index (χ1v) is 10.7. The Morgan fingerprint density at radius 2 is 1.96 bits per heavy atom. The van der Waals surface area contributed by atoms with Gasteiger partial charge in [-0.1, -0.05) is 19.1 Å². The van der Waals surface area contributed by atoms with Gasteiger partial charge in [-0.3, -0.25) is 0 Å². The van der Waals surface area contributed by atoms with Crippen LogP contribution < -0.4 is 4.74 Å². The molecule has 1 fully saturated rings. The van der Waals surface area contributed by atoms with E-state index in [1.807, 2.05) is 13.8 Å². The molecule has 3 heteroatoms. The standard InChI is InChI=1S/C25H30O3/c1-24(2)22(14-23(26)28-24)21-10-9-20-19-7-5-15-13-16(27-4)6-8-17(15)18(19)11-12-25(20,21)3/h6,8,10,13-14,18-20H,5,7,9,11-12H2,1-4H3/t18-,19-,20+,25+/m1/s1. The molecular formula is C25H30O3. The molecule has 3 aliphatic carbocycles. The summed E-state index contributed by atoms with van der Waals surface area (Å²) in [5.41, 5.74) is 5.17. The lowest BCUT2D eigenvalue weighted by Gasteiger charge is -2.51. The number of rotatable bonds is 2. The van der Waals surface area contributed by atoms with Crippen molar-refractivity contribution < 1.29 is 14.3 Å². The van der Waals surface area contributed by atoms with Gasteiger partial charge in [-0.25, -0.2) is 4.79 Å². The second kappa shape index (κ2) is 5.98. The molecule has 0 amide bonds. The number of cyclic esters (lactones) is 1. The molecule has 5 rings (SSSR count). The first kappa shape index (κ1) is 18.0. The van der Waals surface area contributed by atoms with Gasteiger partial charge in [0.2, 0.25) is 0 Å². The van der Waals surface area contributed by atoms with Gasteiger partial charge in [0.05, 0.1) is 7.11 Å². The molecule has 1 aromatic rings. The molecule has 1 heterocycles. The second-order valence-electron chi connectivity index (χ2n) is 9.78. The Kier molecular flexibility index (Phi) is 3.85. The Morgan fingerprint density at radius 3 is 2.68 bits per heavy atom. The van der Waals surface area contributed by atoms with Crippen LogP contribution in [0.25, 0.3) is 0 Å². The van der Waals surface area contributed by atoms with Crippen molar-refractivity contribution in [3.63, 3.8) is 0 Å². The molecule has 0 spiro atoms. The molecule has 0 unspecified atom stereocenters. The molecule has 28 heavy (non-hydrogen) atoms. The van der Waals surface area contributed by atoms with Crippen molar-refractivity contribution in [1.29, 1.82) is 0 Å². The summed E-state index contributed by atoms with van der Waals surface area (Å²) in [7, 11) is 1.75. The molecule has 0 aromatic heterocycles. The van der Waals surface area contributed by atoms with E-state index < -0.39 is 5.60 Å². The lowest BCUT2D eigenvalue weighted by atomic mass is 9.53. The number of ether oxygens (including phenoxy) is 2. The number of hydrogen-bond acceptors (Lipinski definition) is 3. The van der Waals surface area contributed by atoms with E-state index in [0.29, 0.717) is 11.8 Å². The minimum Gasteiger partial charge on any atom is -0.497 e. The molecule has 1 aliphatic heterocycles. The van der Waals surface area contributed by atoms with Crippen LogP contribution in [0.5, 0.6) is 5.75 Å². The van der Waals surface area contributed by atoms with Gasteiger partial charge >= 0.3 is 5.97 Å². The lowest BCUT2D eigenvalue weighted by molar-refractivity contribution is -0.143. The highest BCUT2D eigenvalue weighted by Crippen LogP contribution is 2.63. The molecular weight excluding hydrogens is 348 g/mol. The molecule has 148 valence electrons. The lowest BCUT2D eigenvalue weighted by Crippen LogP contribution is -2.42. The third-order valence-electron chi connectivity index (χ3n) is 8.07. The van der Waals surface area contributed by atoms with Gasteiger partial charge in [0.1, 0.15) is 11.4 Å². The van der Waals surface area contributed by atoms with Gasteiger partial charge < -0.3 is 9.47 Å². The Bertz CT molecular complexity index is 906. The van der Waals surface area contributed by atoms with E-state index in [4.69, 9.17) is 9.47 Å². The zero-order valence-corrected chi connectivity index (χ0v) is 17.4. The van der Waals surface area contributed by atoms with Crippen molar-refractivity contribution in [3.8, 4) is 5.75 Å². The van der Waals surface area contributed by atoms with Gasteiger partial charge in [-0.2, -0.15) is 0 Å². The Balaban J connectivity index is 1.47. The van der Waals surface area contributed by atoms with Gasteiger partial charge in [0.25, 0.3) is 0 Å². The molecule has 3 nitrogen and oxygen atoms in total. The minimum absolute atomic E-state index is 0.155. The predicted molar refractivity (Wildman–Crippen MR) is 109 cm³/mol.